The van der Waals surface area contributed by atoms with Gasteiger partial charge in [0.25, 0.3) is 0 Å². The standard InChI is InChI=1S/C62H37NO2S/c1-4-21-41-38(18-1)58-47(61(41)43-23-6-11-33-53(43)65-54-34-12-7-24-44(54)61)27-15-29-49(58)63(51-31-17-35-55-60(51)40-20-3-10-32-52(40)64-55)50-30-16-28-48-59(50)39-19-2-5-22-42(39)62(48)45-25-8-13-36-56(45)66-57-37-14-9-26-46(57)62/h1-37H. The summed E-state index contributed by atoms with van der Waals surface area (Å²) in [6.45, 7) is 0. The first-order valence-corrected chi connectivity index (χ1v) is 23.5. The van der Waals surface area contributed by atoms with E-state index in [2.05, 4.69) is 229 Å². The number of benzene rings is 10. The highest BCUT2D eigenvalue weighted by Crippen LogP contribution is 2.67. The second-order valence-corrected chi connectivity index (χ2v) is 18.8. The SMILES string of the molecule is c1ccc2c(c1)Oc1ccccc1C21c2ccccc2-c2c(N(c3cccc4c3-c3ccccc3C43c4ccccc4Sc4ccccc43)c3cccc4oc5ccccc5c34)cccc21. The molecule has 0 N–H and O–H groups in total. The third-order valence-electron chi connectivity index (χ3n) is 14.8. The Hall–Kier alpha value is -8.05. The highest BCUT2D eigenvalue weighted by atomic mass is 32.2. The fourth-order valence-corrected chi connectivity index (χ4v) is 13.7. The van der Waals surface area contributed by atoms with Crippen LogP contribution in [0.3, 0.4) is 0 Å². The first-order valence-electron chi connectivity index (χ1n) is 22.7. The van der Waals surface area contributed by atoms with Gasteiger partial charge in [-0.15, -0.1) is 0 Å². The topological polar surface area (TPSA) is 25.6 Å². The lowest BCUT2D eigenvalue weighted by molar-refractivity contribution is 0.436. The monoisotopic (exact) mass is 859 g/mol. The zero-order valence-corrected chi connectivity index (χ0v) is 36.4. The van der Waals surface area contributed by atoms with Crippen LogP contribution in [0, 0.1) is 0 Å². The quantitative estimate of drug-likeness (QED) is 0.177. The van der Waals surface area contributed by atoms with E-state index in [0.29, 0.717) is 0 Å². The number of ether oxygens (including phenoxy) is 1. The minimum Gasteiger partial charge on any atom is -0.457 e. The molecule has 0 bridgehead atoms. The Labute approximate surface area is 386 Å². The molecule has 4 aliphatic rings. The Balaban J connectivity index is 1.10. The van der Waals surface area contributed by atoms with Crippen molar-refractivity contribution in [2.45, 2.75) is 20.6 Å². The minimum absolute atomic E-state index is 0.537. The van der Waals surface area contributed by atoms with Gasteiger partial charge in [0.15, 0.2) is 0 Å². The molecular weight excluding hydrogens is 823 g/mol. The molecule has 0 saturated carbocycles. The molecule has 0 radical (unpaired) electrons. The molecule has 11 aromatic rings. The number of hydrogen-bond donors (Lipinski definition) is 0. The normalized spacial score (nSPS) is 14.7. The van der Waals surface area contributed by atoms with E-state index in [1.54, 1.807) is 0 Å². The molecule has 1 aromatic heterocycles. The summed E-state index contributed by atoms with van der Waals surface area (Å²) in [6, 6.07) is 82.5. The predicted molar refractivity (Wildman–Crippen MR) is 267 cm³/mol. The van der Waals surface area contributed by atoms with E-state index in [1.807, 2.05) is 11.8 Å². The van der Waals surface area contributed by atoms with Crippen LogP contribution < -0.4 is 9.64 Å². The summed E-state index contributed by atoms with van der Waals surface area (Å²) in [5.74, 6) is 1.76. The van der Waals surface area contributed by atoms with E-state index in [9.17, 15) is 0 Å². The van der Waals surface area contributed by atoms with Crippen molar-refractivity contribution in [3.63, 3.8) is 0 Å². The fraction of sp³-hybridized carbons (Fsp3) is 0.0323. The molecule has 2 spiro atoms. The van der Waals surface area contributed by atoms with Crippen LogP contribution in [-0.4, -0.2) is 0 Å². The second-order valence-electron chi connectivity index (χ2n) is 17.8. The summed E-state index contributed by atoms with van der Waals surface area (Å²) in [4.78, 5) is 5.14. The summed E-state index contributed by atoms with van der Waals surface area (Å²) in [7, 11) is 0. The van der Waals surface area contributed by atoms with E-state index in [0.717, 1.165) is 61.6 Å². The van der Waals surface area contributed by atoms with Gasteiger partial charge in [-0.25, -0.2) is 0 Å². The zero-order chi connectivity index (χ0) is 43.1. The van der Waals surface area contributed by atoms with Crippen molar-refractivity contribution in [3.8, 4) is 33.8 Å². The van der Waals surface area contributed by atoms with Gasteiger partial charge in [-0.2, -0.15) is 0 Å². The molecule has 0 atom stereocenters. The average Bonchev–Trinajstić information content (AvgIpc) is 4.01. The third kappa shape index (κ3) is 4.45. The summed E-state index contributed by atoms with van der Waals surface area (Å²) in [5.41, 5.74) is 18.7. The van der Waals surface area contributed by atoms with Crippen LogP contribution in [-0.2, 0) is 10.8 Å². The first kappa shape index (κ1) is 36.3. The maximum atomic E-state index is 6.76. The van der Waals surface area contributed by atoms with Crippen molar-refractivity contribution in [1.29, 1.82) is 0 Å². The smallest absolute Gasteiger partial charge is 0.137 e. The van der Waals surface area contributed by atoms with Crippen molar-refractivity contribution in [1.82, 2.24) is 0 Å². The van der Waals surface area contributed by atoms with E-state index in [1.165, 1.54) is 65.4 Å². The molecule has 3 nitrogen and oxygen atoms in total. The van der Waals surface area contributed by atoms with E-state index >= 15 is 0 Å². The van der Waals surface area contributed by atoms with Gasteiger partial charge in [-0.1, -0.05) is 182 Å². The lowest BCUT2D eigenvalue weighted by Crippen LogP contribution is -2.32. The number of nitrogens with zero attached hydrogens (tertiary/aromatic N) is 1. The van der Waals surface area contributed by atoms with Gasteiger partial charge in [0.1, 0.15) is 22.7 Å². The largest absolute Gasteiger partial charge is 0.457 e. The van der Waals surface area contributed by atoms with Crippen LogP contribution in [0.5, 0.6) is 11.5 Å². The highest BCUT2D eigenvalue weighted by Gasteiger charge is 2.54. The lowest BCUT2D eigenvalue weighted by Gasteiger charge is -2.40. The van der Waals surface area contributed by atoms with Gasteiger partial charge in [0.2, 0.25) is 0 Å². The van der Waals surface area contributed by atoms with Crippen molar-refractivity contribution in [2.24, 2.45) is 0 Å². The Bertz CT molecular complexity index is 3590. The molecule has 4 heteroatoms. The Morgan fingerprint density at radius 1 is 0.333 bits per heavy atom. The van der Waals surface area contributed by atoms with Gasteiger partial charge in [0, 0.05) is 37.4 Å². The molecule has 2 aliphatic carbocycles. The number of anilines is 3. The second kappa shape index (κ2) is 13.3. The van der Waals surface area contributed by atoms with Crippen LogP contribution in [0.2, 0.25) is 0 Å². The van der Waals surface area contributed by atoms with Crippen LogP contribution in [0.25, 0.3) is 44.2 Å². The Kier molecular flexibility index (Phi) is 7.29. The number of furan rings is 1. The van der Waals surface area contributed by atoms with Crippen LogP contribution >= 0.6 is 11.8 Å². The molecule has 0 saturated heterocycles. The number of fused-ring (bicyclic) bond motifs is 21. The maximum Gasteiger partial charge on any atom is 0.137 e. The van der Waals surface area contributed by atoms with Crippen molar-refractivity contribution < 1.29 is 9.15 Å². The lowest BCUT2D eigenvalue weighted by atomic mass is 9.66. The number of hydrogen-bond acceptors (Lipinski definition) is 4. The molecule has 0 fully saturated rings. The average molecular weight is 860 g/mol. The van der Waals surface area contributed by atoms with Crippen molar-refractivity contribution in [3.05, 3.63) is 269 Å². The van der Waals surface area contributed by atoms with Crippen molar-refractivity contribution >= 4 is 50.8 Å². The van der Waals surface area contributed by atoms with E-state index in [4.69, 9.17) is 9.15 Å². The van der Waals surface area contributed by atoms with Gasteiger partial charge in [0.05, 0.1) is 33.3 Å². The van der Waals surface area contributed by atoms with Gasteiger partial charge < -0.3 is 14.1 Å². The number of para-hydroxylation sites is 3. The highest BCUT2D eigenvalue weighted by molar-refractivity contribution is 7.99. The molecule has 3 heterocycles. The molecule has 308 valence electrons. The van der Waals surface area contributed by atoms with E-state index < -0.39 is 10.8 Å². The Morgan fingerprint density at radius 3 is 1.36 bits per heavy atom. The van der Waals surface area contributed by atoms with Gasteiger partial charge >= 0.3 is 0 Å². The molecule has 2 aliphatic heterocycles. The number of rotatable bonds is 3. The van der Waals surface area contributed by atoms with Crippen LogP contribution in [0.15, 0.2) is 239 Å². The first-order chi connectivity index (χ1) is 32.8. The summed E-state index contributed by atoms with van der Waals surface area (Å²) >= 11 is 1.88. The minimum atomic E-state index is -0.629. The summed E-state index contributed by atoms with van der Waals surface area (Å²) in [6.07, 6.45) is 0. The van der Waals surface area contributed by atoms with Crippen molar-refractivity contribution in [2.75, 3.05) is 4.90 Å². The Morgan fingerprint density at radius 2 is 0.758 bits per heavy atom. The van der Waals surface area contributed by atoms with Gasteiger partial charge in [-0.05, 0) is 99.1 Å². The van der Waals surface area contributed by atoms with Gasteiger partial charge in [-0.3, -0.25) is 0 Å². The summed E-state index contributed by atoms with van der Waals surface area (Å²) < 4.78 is 13.5. The third-order valence-corrected chi connectivity index (χ3v) is 16.0. The maximum absolute atomic E-state index is 6.76. The summed E-state index contributed by atoms with van der Waals surface area (Å²) in [5, 5.41) is 2.17. The molecule has 66 heavy (non-hydrogen) atoms. The predicted octanol–water partition coefficient (Wildman–Crippen LogP) is 16.4. The molecule has 10 aromatic carbocycles. The molecule has 0 amide bonds. The molecular formula is C62H37NO2S. The van der Waals surface area contributed by atoms with E-state index in [-0.39, 0.29) is 0 Å². The molecule has 15 rings (SSSR count). The zero-order valence-electron chi connectivity index (χ0n) is 35.5. The fourth-order valence-electron chi connectivity index (χ4n) is 12.5. The van der Waals surface area contributed by atoms with Crippen LogP contribution in [0.1, 0.15) is 44.5 Å². The van der Waals surface area contributed by atoms with Crippen LogP contribution in [0.4, 0.5) is 17.1 Å². The molecule has 0 unspecified atom stereocenters.